The van der Waals surface area contributed by atoms with Gasteiger partial charge < -0.3 is 5.32 Å². The van der Waals surface area contributed by atoms with E-state index < -0.39 is 9.84 Å². The second-order valence-electron chi connectivity index (χ2n) is 6.03. The highest BCUT2D eigenvalue weighted by Gasteiger charge is 2.29. The molecule has 1 fully saturated rings. The maximum absolute atomic E-state index is 11.7. The number of anilines is 1. The fraction of sp³-hybridized carbons (Fsp3) is 0.438. The Morgan fingerprint density at radius 3 is 2.86 bits per heavy atom. The van der Waals surface area contributed by atoms with Crippen LogP contribution in [0.4, 0.5) is 5.69 Å². The number of hydrogen-bond acceptors (Lipinski definition) is 4. The minimum absolute atomic E-state index is 0.0329. The SMILES string of the molecule is O=S1(=O)CCC(Nc2c3c(nc4ccccc24)CCC3)C1. The summed E-state index contributed by atoms with van der Waals surface area (Å²) in [5.41, 5.74) is 4.59. The lowest BCUT2D eigenvalue weighted by Gasteiger charge is -2.18. The molecule has 21 heavy (non-hydrogen) atoms. The summed E-state index contributed by atoms with van der Waals surface area (Å²) in [5.74, 6) is 0.550. The molecule has 1 saturated heterocycles. The van der Waals surface area contributed by atoms with Crippen molar-refractivity contribution in [2.24, 2.45) is 0 Å². The summed E-state index contributed by atoms with van der Waals surface area (Å²) >= 11 is 0. The number of fused-ring (bicyclic) bond motifs is 2. The Bertz CT molecular complexity index is 814. The smallest absolute Gasteiger partial charge is 0.152 e. The standard InChI is InChI=1S/C16H18N2O2S/c19-21(20)9-8-11(10-21)17-16-12-4-1-2-6-14(12)18-15-7-3-5-13(15)16/h1-2,4,6,11H,3,5,7-10H2,(H,17,18). The molecule has 0 spiro atoms. The molecule has 1 aromatic heterocycles. The predicted octanol–water partition coefficient (Wildman–Crippen LogP) is 2.32. The minimum Gasteiger partial charge on any atom is -0.380 e. The summed E-state index contributed by atoms with van der Waals surface area (Å²) in [5, 5.41) is 4.63. The van der Waals surface area contributed by atoms with Gasteiger partial charge in [-0.15, -0.1) is 0 Å². The number of benzene rings is 1. The molecule has 0 saturated carbocycles. The average Bonchev–Trinajstić information content (AvgIpc) is 3.04. The van der Waals surface area contributed by atoms with Crippen molar-refractivity contribution in [2.75, 3.05) is 16.8 Å². The molecule has 1 aliphatic heterocycles. The van der Waals surface area contributed by atoms with Gasteiger partial charge >= 0.3 is 0 Å². The van der Waals surface area contributed by atoms with Crippen LogP contribution in [0.3, 0.4) is 0 Å². The third-order valence-corrected chi connectivity index (χ3v) is 6.27. The molecule has 1 atom stereocenters. The number of nitrogens with one attached hydrogen (secondary N) is 1. The molecule has 2 heterocycles. The van der Waals surface area contributed by atoms with Crippen LogP contribution in [0, 0.1) is 0 Å². The Morgan fingerprint density at radius 1 is 1.19 bits per heavy atom. The number of para-hydroxylation sites is 1. The third-order valence-electron chi connectivity index (χ3n) is 4.50. The number of aromatic nitrogens is 1. The van der Waals surface area contributed by atoms with Crippen LogP contribution in [0.5, 0.6) is 0 Å². The van der Waals surface area contributed by atoms with Crippen molar-refractivity contribution in [1.29, 1.82) is 0 Å². The van der Waals surface area contributed by atoms with E-state index in [1.54, 1.807) is 0 Å². The third kappa shape index (κ3) is 2.29. The molecule has 2 aliphatic rings. The zero-order valence-corrected chi connectivity index (χ0v) is 12.6. The Labute approximate surface area is 124 Å². The van der Waals surface area contributed by atoms with Crippen molar-refractivity contribution in [1.82, 2.24) is 4.98 Å². The summed E-state index contributed by atoms with van der Waals surface area (Å²) in [6, 6.07) is 8.16. The van der Waals surface area contributed by atoms with Crippen molar-refractivity contribution in [3.8, 4) is 0 Å². The van der Waals surface area contributed by atoms with Gasteiger partial charge in [0.05, 0.1) is 17.0 Å². The van der Waals surface area contributed by atoms with Gasteiger partial charge in [-0.1, -0.05) is 18.2 Å². The Hall–Kier alpha value is -1.62. The number of nitrogens with zero attached hydrogens (tertiary/aromatic N) is 1. The molecule has 4 rings (SSSR count). The number of hydrogen-bond donors (Lipinski definition) is 1. The molecule has 1 aromatic carbocycles. The van der Waals surface area contributed by atoms with E-state index in [9.17, 15) is 8.42 Å². The van der Waals surface area contributed by atoms with Crippen LogP contribution in [-0.2, 0) is 22.7 Å². The van der Waals surface area contributed by atoms with Gasteiger partial charge in [-0.05, 0) is 37.3 Å². The molecule has 1 N–H and O–H groups in total. The summed E-state index contributed by atoms with van der Waals surface area (Å²) in [6.45, 7) is 0. The number of aryl methyl sites for hydroxylation is 1. The largest absolute Gasteiger partial charge is 0.380 e. The van der Waals surface area contributed by atoms with E-state index in [-0.39, 0.29) is 11.8 Å². The molecule has 110 valence electrons. The van der Waals surface area contributed by atoms with Gasteiger partial charge in [-0.25, -0.2) is 8.42 Å². The highest BCUT2D eigenvalue weighted by atomic mass is 32.2. The first-order chi connectivity index (χ1) is 10.1. The quantitative estimate of drug-likeness (QED) is 0.925. The summed E-state index contributed by atoms with van der Waals surface area (Å²) in [4.78, 5) is 4.76. The summed E-state index contributed by atoms with van der Waals surface area (Å²) in [6.07, 6.45) is 3.90. The number of sulfone groups is 1. The van der Waals surface area contributed by atoms with Gasteiger partial charge in [0, 0.05) is 22.8 Å². The lowest BCUT2D eigenvalue weighted by atomic mass is 10.1. The monoisotopic (exact) mass is 302 g/mol. The van der Waals surface area contributed by atoms with E-state index in [0.29, 0.717) is 12.2 Å². The van der Waals surface area contributed by atoms with Gasteiger partial charge in [-0.2, -0.15) is 0 Å². The fourth-order valence-electron chi connectivity index (χ4n) is 3.49. The Balaban J connectivity index is 1.80. The molecule has 1 aliphatic carbocycles. The van der Waals surface area contributed by atoms with Crippen molar-refractivity contribution >= 4 is 26.4 Å². The van der Waals surface area contributed by atoms with Gasteiger partial charge in [0.1, 0.15) is 0 Å². The summed E-state index contributed by atoms with van der Waals surface area (Å²) < 4.78 is 23.4. The number of rotatable bonds is 2. The lowest BCUT2D eigenvalue weighted by molar-refractivity contribution is 0.602. The number of pyridine rings is 1. The van der Waals surface area contributed by atoms with Gasteiger partial charge in [0.25, 0.3) is 0 Å². The lowest BCUT2D eigenvalue weighted by Crippen LogP contribution is -2.21. The van der Waals surface area contributed by atoms with Crippen molar-refractivity contribution < 1.29 is 8.42 Å². The normalized spacial score (nSPS) is 23.3. The van der Waals surface area contributed by atoms with Crippen LogP contribution in [0.1, 0.15) is 24.1 Å². The Kier molecular flexibility index (Phi) is 2.92. The van der Waals surface area contributed by atoms with Crippen molar-refractivity contribution in [3.63, 3.8) is 0 Å². The second kappa shape index (κ2) is 4.70. The molecule has 4 nitrogen and oxygen atoms in total. The van der Waals surface area contributed by atoms with Crippen LogP contribution >= 0.6 is 0 Å². The van der Waals surface area contributed by atoms with Gasteiger partial charge in [-0.3, -0.25) is 4.98 Å². The first kappa shape index (κ1) is 13.1. The molecular formula is C16H18N2O2S. The van der Waals surface area contributed by atoms with E-state index in [0.717, 1.165) is 35.9 Å². The zero-order chi connectivity index (χ0) is 14.4. The van der Waals surface area contributed by atoms with Gasteiger partial charge in [0.2, 0.25) is 0 Å². The predicted molar refractivity (Wildman–Crippen MR) is 84.4 cm³/mol. The molecule has 1 unspecified atom stereocenters. The molecule has 0 bridgehead atoms. The molecule has 0 amide bonds. The highest BCUT2D eigenvalue weighted by molar-refractivity contribution is 7.91. The second-order valence-corrected chi connectivity index (χ2v) is 8.26. The topological polar surface area (TPSA) is 59.1 Å². The van der Waals surface area contributed by atoms with Gasteiger partial charge in [0.15, 0.2) is 9.84 Å². The van der Waals surface area contributed by atoms with E-state index in [4.69, 9.17) is 4.98 Å². The molecule has 5 heteroatoms. The minimum atomic E-state index is -2.86. The maximum atomic E-state index is 11.7. The van der Waals surface area contributed by atoms with Crippen LogP contribution in [-0.4, -0.2) is 30.9 Å². The molecule has 2 aromatic rings. The summed E-state index contributed by atoms with van der Waals surface area (Å²) in [7, 11) is -2.86. The molecular weight excluding hydrogens is 284 g/mol. The van der Waals surface area contributed by atoms with Crippen LogP contribution in [0.15, 0.2) is 24.3 Å². The average molecular weight is 302 g/mol. The van der Waals surface area contributed by atoms with Crippen molar-refractivity contribution in [2.45, 2.75) is 31.7 Å². The first-order valence-corrected chi connectivity index (χ1v) is 9.32. The van der Waals surface area contributed by atoms with Crippen LogP contribution in [0.25, 0.3) is 10.9 Å². The van der Waals surface area contributed by atoms with E-state index in [1.807, 2.05) is 18.2 Å². The van der Waals surface area contributed by atoms with E-state index in [2.05, 4.69) is 11.4 Å². The first-order valence-electron chi connectivity index (χ1n) is 7.50. The maximum Gasteiger partial charge on any atom is 0.152 e. The van der Waals surface area contributed by atoms with E-state index in [1.165, 1.54) is 11.3 Å². The van der Waals surface area contributed by atoms with Crippen molar-refractivity contribution in [3.05, 3.63) is 35.5 Å². The van der Waals surface area contributed by atoms with Crippen LogP contribution in [0.2, 0.25) is 0 Å². The highest BCUT2D eigenvalue weighted by Crippen LogP contribution is 2.35. The zero-order valence-electron chi connectivity index (χ0n) is 11.8. The molecule has 0 radical (unpaired) electrons. The van der Waals surface area contributed by atoms with E-state index >= 15 is 0 Å². The van der Waals surface area contributed by atoms with Crippen LogP contribution < -0.4 is 5.32 Å². The fourth-order valence-corrected chi connectivity index (χ4v) is 5.16. The Morgan fingerprint density at radius 2 is 2.05 bits per heavy atom.